The molecule has 5 heteroatoms. The minimum atomic E-state index is -0.669. The number of likely N-dealkylation sites (tertiary alicyclic amines) is 1. The number of hydrogen-bond donors (Lipinski definition) is 1. The molecule has 4 nitrogen and oxygen atoms in total. The van der Waals surface area contributed by atoms with Gasteiger partial charge in [-0.2, -0.15) is 0 Å². The first kappa shape index (κ1) is 13.5. The van der Waals surface area contributed by atoms with Gasteiger partial charge in [-0.1, -0.05) is 12.8 Å². The minimum Gasteiger partial charge on any atom is -0.480 e. The van der Waals surface area contributed by atoms with E-state index in [0.29, 0.717) is 0 Å². The quantitative estimate of drug-likeness (QED) is 0.910. The van der Waals surface area contributed by atoms with E-state index in [1.165, 1.54) is 4.88 Å². The normalized spacial score (nSPS) is 21.7. The number of carbonyl (C=O) groups is 1. The molecular weight excluding hydrogens is 248 g/mol. The molecule has 0 radical (unpaired) electrons. The van der Waals surface area contributed by atoms with E-state index in [1.54, 1.807) is 11.3 Å². The van der Waals surface area contributed by atoms with Crippen LogP contribution in [0.3, 0.4) is 0 Å². The maximum atomic E-state index is 11.3. The van der Waals surface area contributed by atoms with E-state index in [1.807, 2.05) is 12.4 Å². The van der Waals surface area contributed by atoms with Gasteiger partial charge in [0.15, 0.2) is 0 Å². The zero-order valence-electron chi connectivity index (χ0n) is 10.8. The maximum Gasteiger partial charge on any atom is 0.320 e. The van der Waals surface area contributed by atoms with Gasteiger partial charge in [0.2, 0.25) is 0 Å². The fourth-order valence-corrected chi connectivity index (χ4v) is 3.30. The second-order valence-electron chi connectivity index (χ2n) is 4.85. The third kappa shape index (κ3) is 3.29. The summed E-state index contributed by atoms with van der Waals surface area (Å²) < 4.78 is 0. The Morgan fingerprint density at radius 2 is 2.39 bits per heavy atom. The zero-order chi connectivity index (χ0) is 13.0. The van der Waals surface area contributed by atoms with Crippen molar-refractivity contribution in [2.24, 2.45) is 0 Å². The molecule has 0 spiro atoms. The molecule has 100 valence electrons. The molecule has 2 heterocycles. The van der Waals surface area contributed by atoms with E-state index in [9.17, 15) is 9.90 Å². The first-order valence-corrected chi connectivity index (χ1v) is 7.42. The van der Waals surface area contributed by atoms with Crippen LogP contribution < -0.4 is 0 Å². The molecule has 0 aliphatic carbocycles. The standard InChI is InChI=1S/C13H20N2O2S/c1-10-12(18-9-14-10)6-8-15-7-4-2-3-5-11(15)13(16)17/h9,11H,2-8H2,1H3,(H,16,17). The summed E-state index contributed by atoms with van der Waals surface area (Å²) in [5.41, 5.74) is 2.95. The van der Waals surface area contributed by atoms with Gasteiger partial charge in [-0.3, -0.25) is 9.69 Å². The molecule has 18 heavy (non-hydrogen) atoms. The lowest BCUT2D eigenvalue weighted by molar-refractivity contribution is -0.143. The molecule has 0 aromatic carbocycles. The van der Waals surface area contributed by atoms with Crippen LogP contribution in [-0.4, -0.2) is 40.1 Å². The van der Waals surface area contributed by atoms with Gasteiger partial charge >= 0.3 is 5.97 Å². The number of nitrogens with zero attached hydrogens (tertiary/aromatic N) is 2. The van der Waals surface area contributed by atoms with Gasteiger partial charge in [0, 0.05) is 11.4 Å². The first-order chi connectivity index (χ1) is 8.68. The molecule has 1 N–H and O–H groups in total. The van der Waals surface area contributed by atoms with Crippen LogP contribution in [0.1, 0.15) is 36.3 Å². The lowest BCUT2D eigenvalue weighted by Crippen LogP contribution is -2.41. The molecule has 1 aromatic rings. The van der Waals surface area contributed by atoms with E-state index in [4.69, 9.17) is 0 Å². The van der Waals surface area contributed by atoms with Crippen molar-refractivity contribution >= 4 is 17.3 Å². The molecule has 1 aliphatic rings. The summed E-state index contributed by atoms with van der Waals surface area (Å²) >= 11 is 1.67. The van der Waals surface area contributed by atoms with Gasteiger partial charge in [-0.15, -0.1) is 11.3 Å². The van der Waals surface area contributed by atoms with Crippen LogP contribution in [0.4, 0.5) is 0 Å². The molecule has 2 rings (SSSR count). The van der Waals surface area contributed by atoms with Crippen molar-refractivity contribution in [3.63, 3.8) is 0 Å². The average molecular weight is 268 g/mol. The third-order valence-electron chi connectivity index (χ3n) is 3.62. The average Bonchev–Trinajstić information content (AvgIpc) is 2.62. The summed E-state index contributed by atoms with van der Waals surface area (Å²) in [7, 11) is 0. The van der Waals surface area contributed by atoms with E-state index >= 15 is 0 Å². The fraction of sp³-hybridized carbons (Fsp3) is 0.692. The highest BCUT2D eigenvalue weighted by molar-refractivity contribution is 7.09. The van der Waals surface area contributed by atoms with Crippen molar-refractivity contribution in [3.05, 3.63) is 16.1 Å². The fourth-order valence-electron chi connectivity index (χ4n) is 2.53. The van der Waals surface area contributed by atoms with Crippen LogP contribution in [0.15, 0.2) is 5.51 Å². The van der Waals surface area contributed by atoms with Crippen LogP contribution >= 0.6 is 11.3 Å². The number of rotatable bonds is 4. The van der Waals surface area contributed by atoms with E-state index in [-0.39, 0.29) is 6.04 Å². The van der Waals surface area contributed by atoms with Crippen molar-refractivity contribution in [2.75, 3.05) is 13.1 Å². The number of carboxylic acids is 1. The van der Waals surface area contributed by atoms with Crippen LogP contribution in [0.2, 0.25) is 0 Å². The number of aliphatic carboxylic acids is 1. The van der Waals surface area contributed by atoms with Crippen LogP contribution in [0.25, 0.3) is 0 Å². The Morgan fingerprint density at radius 3 is 3.06 bits per heavy atom. The molecule has 1 unspecified atom stereocenters. The number of hydrogen-bond acceptors (Lipinski definition) is 4. The summed E-state index contributed by atoms with van der Waals surface area (Å²) in [6, 6.07) is -0.291. The SMILES string of the molecule is Cc1ncsc1CCN1CCCCCC1C(=O)O. The Balaban J connectivity index is 1.96. The number of aromatic nitrogens is 1. The Hall–Kier alpha value is -0.940. The predicted molar refractivity (Wildman–Crippen MR) is 72.0 cm³/mol. The number of thiazole rings is 1. The summed E-state index contributed by atoms with van der Waals surface area (Å²) in [4.78, 5) is 18.9. The lowest BCUT2D eigenvalue weighted by atomic mass is 10.1. The van der Waals surface area contributed by atoms with Gasteiger partial charge in [-0.05, 0) is 32.7 Å². The highest BCUT2D eigenvalue weighted by Crippen LogP contribution is 2.19. The van der Waals surface area contributed by atoms with Crippen LogP contribution in [0.5, 0.6) is 0 Å². The smallest absolute Gasteiger partial charge is 0.320 e. The largest absolute Gasteiger partial charge is 0.480 e. The highest BCUT2D eigenvalue weighted by atomic mass is 32.1. The molecule has 1 atom stereocenters. The molecule has 0 bridgehead atoms. The highest BCUT2D eigenvalue weighted by Gasteiger charge is 2.26. The second-order valence-corrected chi connectivity index (χ2v) is 5.79. The molecule has 1 aromatic heterocycles. The maximum absolute atomic E-state index is 11.3. The molecule has 1 aliphatic heterocycles. The molecule has 0 saturated carbocycles. The Labute approximate surface area is 112 Å². The van der Waals surface area contributed by atoms with E-state index in [0.717, 1.165) is 50.9 Å². The van der Waals surface area contributed by atoms with Crippen LogP contribution in [-0.2, 0) is 11.2 Å². The van der Waals surface area contributed by atoms with Gasteiger partial charge < -0.3 is 5.11 Å². The molecule has 1 saturated heterocycles. The van der Waals surface area contributed by atoms with Gasteiger partial charge in [-0.25, -0.2) is 4.98 Å². The van der Waals surface area contributed by atoms with Crippen molar-refractivity contribution < 1.29 is 9.90 Å². The summed E-state index contributed by atoms with van der Waals surface area (Å²) in [6.07, 6.45) is 5.01. The summed E-state index contributed by atoms with van der Waals surface area (Å²) in [5, 5.41) is 9.29. The lowest BCUT2D eigenvalue weighted by Gasteiger charge is -2.26. The van der Waals surface area contributed by atoms with Gasteiger partial charge in [0.05, 0.1) is 11.2 Å². The van der Waals surface area contributed by atoms with E-state index in [2.05, 4.69) is 9.88 Å². The second kappa shape index (κ2) is 6.29. The topological polar surface area (TPSA) is 53.4 Å². The zero-order valence-corrected chi connectivity index (χ0v) is 11.6. The van der Waals surface area contributed by atoms with Crippen molar-refractivity contribution in [3.8, 4) is 0 Å². The van der Waals surface area contributed by atoms with Crippen molar-refractivity contribution in [2.45, 2.75) is 45.1 Å². The summed E-state index contributed by atoms with van der Waals surface area (Å²) in [6.45, 7) is 3.76. The Kier molecular flexibility index (Phi) is 4.72. The van der Waals surface area contributed by atoms with Crippen molar-refractivity contribution in [1.82, 2.24) is 9.88 Å². The Bertz CT molecular complexity index is 405. The van der Waals surface area contributed by atoms with Gasteiger partial charge in [0.25, 0.3) is 0 Å². The summed E-state index contributed by atoms with van der Waals surface area (Å²) in [5.74, 6) is -0.669. The molecule has 1 fully saturated rings. The minimum absolute atomic E-state index is 0.291. The number of carboxylic acid groups (broad SMARTS) is 1. The first-order valence-electron chi connectivity index (χ1n) is 6.54. The predicted octanol–water partition coefficient (Wildman–Crippen LogP) is 2.32. The van der Waals surface area contributed by atoms with Crippen LogP contribution in [0, 0.1) is 6.92 Å². The van der Waals surface area contributed by atoms with E-state index < -0.39 is 5.97 Å². The third-order valence-corrected chi connectivity index (χ3v) is 4.61. The molecular formula is C13H20N2O2S. The van der Waals surface area contributed by atoms with Crippen molar-refractivity contribution in [1.29, 1.82) is 0 Å². The monoisotopic (exact) mass is 268 g/mol. The number of aryl methyl sites for hydroxylation is 1. The molecule has 0 amide bonds. The Morgan fingerprint density at radius 1 is 1.56 bits per heavy atom. The van der Waals surface area contributed by atoms with Gasteiger partial charge in [0.1, 0.15) is 6.04 Å².